The second-order valence-corrected chi connectivity index (χ2v) is 6.45. The summed E-state index contributed by atoms with van der Waals surface area (Å²) in [5.41, 5.74) is 4.72. The molecule has 25 heavy (non-hydrogen) atoms. The van der Waals surface area contributed by atoms with E-state index < -0.39 is 0 Å². The van der Waals surface area contributed by atoms with Gasteiger partial charge in [-0.05, 0) is 49.8 Å². The maximum Gasteiger partial charge on any atom is 0.0999 e. The molecule has 0 spiro atoms. The lowest BCUT2D eigenvalue weighted by molar-refractivity contribution is 0.714. The summed E-state index contributed by atoms with van der Waals surface area (Å²) in [6.45, 7) is 8.42. The zero-order chi connectivity index (χ0) is 18.1. The number of rotatable bonds is 6. The lowest BCUT2D eigenvalue weighted by atomic mass is 9.91. The van der Waals surface area contributed by atoms with E-state index in [9.17, 15) is 0 Å². The van der Waals surface area contributed by atoms with Gasteiger partial charge in [0.05, 0.1) is 6.04 Å². The Balaban J connectivity index is 2.43. The Kier molecular flexibility index (Phi) is 7.40. The predicted octanol–water partition coefficient (Wildman–Crippen LogP) is 6.79. The first-order valence-electron chi connectivity index (χ1n) is 9.09. The maximum absolute atomic E-state index is 5.11. The normalized spacial score (nSPS) is 20.3. The van der Waals surface area contributed by atoms with Gasteiger partial charge in [-0.1, -0.05) is 85.9 Å². The molecule has 1 aliphatic rings. The molecule has 2 rings (SSSR count). The number of hydrogen-bond acceptors (Lipinski definition) is 1. The largest absolute Gasteiger partial charge is 0.277 e. The fraction of sp³-hybridized carbons (Fsp3) is 0.292. The van der Waals surface area contributed by atoms with Gasteiger partial charge in [-0.2, -0.15) is 0 Å². The van der Waals surface area contributed by atoms with E-state index in [4.69, 9.17) is 4.99 Å². The molecule has 2 atom stereocenters. The summed E-state index contributed by atoms with van der Waals surface area (Å²) < 4.78 is 0. The molecule has 130 valence electrons. The topological polar surface area (TPSA) is 12.4 Å². The minimum atomic E-state index is 0.0456. The van der Waals surface area contributed by atoms with E-state index in [2.05, 4.69) is 86.7 Å². The van der Waals surface area contributed by atoms with Crippen molar-refractivity contribution >= 4 is 5.71 Å². The molecule has 0 aromatic heterocycles. The van der Waals surface area contributed by atoms with E-state index in [-0.39, 0.29) is 6.04 Å². The fourth-order valence-electron chi connectivity index (χ4n) is 2.87. The Labute approximate surface area is 152 Å². The van der Waals surface area contributed by atoms with Crippen LogP contribution in [0.3, 0.4) is 0 Å². The summed E-state index contributed by atoms with van der Waals surface area (Å²) in [4.78, 5) is 5.11. The molecule has 2 unspecified atom stereocenters. The molecule has 0 saturated heterocycles. The van der Waals surface area contributed by atoms with Crippen molar-refractivity contribution in [2.45, 2.75) is 40.2 Å². The van der Waals surface area contributed by atoms with Gasteiger partial charge in [-0.15, -0.1) is 0 Å². The molecule has 0 bridgehead atoms. The van der Waals surface area contributed by atoms with Crippen LogP contribution in [0.4, 0.5) is 0 Å². The van der Waals surface area contributed by atoms with E-state index in [1.54, 1.807) is 0 Å². The molecule has 0 radical (unpaired) electrons. The van der Waals surface area contributed by atoms with Crippen LogP contribution in [0.5, 0.6) is 0 Å². The highest BCUT2D eigenvalue weighted by molar-refractivity contribution is 6.01. The van der Waals surface area contributed by atoms with Crippen molar-refractivity contribution in [1.29, 1.82) is 0 Å². The third kappa shape index (κ3) is 5.56. The number of allylic oxidation sites excluding steroid dienone is 8. The number of aliphatic imine (C=N–C) groups is 1. The molecule has 1 aromatic rings. The van der Waals surface area contributed by atoms with Gasteiger partial charge in [0.1, 0.15) is 0 Å². The molecule has 0 N–H and O–H groups in total. The summed E-state index contributed by atoms with van der Waals surface area (Å²) in [6, 6.07) is 10.6. The number of hydrogen-bond donors (Lipinski definition) is 0. The van der Waals surface area contributed by atoms with Gasteiger partial charge < -0.3 is 0 Å². The average Bonchev–Trinajstić information content (AvgIpc) is 2.64. The van der Waals surface area contributed by atoms with Crippen molar-refractivity contribution in [3.63, 3.8) is 0 Å². The number of nitrogens with zero attached hydrogens (tertiary/aromatic N) is 1. The molecule has 1 aliphatic carbocycles. The summed E-state index contributed by atoms with van der Waals surface area (Å²) in [5.74, 6) is 0.610. The highest BCUT2D eigenvalue weighted by Gasteiger charge is 2.17. The minimum absolute atomic E-state index is 0.0456. The second kappa shape index (κ2) is 9.78. The first-order valence-corrected chi connectivity index (χ1v) is 9.09. The smallest absolute Gasteiger partial charge is 0.0999 e. The molecular formula is C24H29N. The van der Waals surface area contributed by atoms with Crippen LogP contribution in [0.1, 0.15) is 45.7 Å². The molecule has 1 heteroatoms. The third-order valence-corrected chi connectivity index (χ3v) is 4.33. The van der Waals surface area contributed by atoms with Crippen LogP contribution >= 0.6 is 0 Å². The highest BCUT2D eigenvalue weighted by atomic mass is 14.8. The van der Waals surface area contributed by atoms with Gasteiger partial charge >= 0.3 is 0 Å². The van der Waals surface area contributed by atoms with Gasteiger partial charge in [0.2, 0.25) is 0 Å². The molecule has 1 aromatic carbocycles. The van der Waals surface area contributed by atoms with Crippen molar-refractivity contribution in [3.8, 4) is 0 Å². The molecule has 0 amide bonds. The van der Waals surface area contributed by atoms with Crippen LogP contribution in [0.15, 0.2) is 95.1 Å². The van der Waals surface area contributed by atoms with Crippen LogP contribution < -0.4 is 0 Å². The van der Waals surface area contributed by atoms with Crippen LogP contribution in [-0.2, 0) is 0 Å². The fourth-order valence-corrected chi connectivity index (χ4v) is 2.87. The van der Waals surface area contributed by atoms with Gasteiger partial charge in [0, 0.05) is 5.71 Å². The molecular weight excluding hydrogens is 302 g/mol. The summed E-state index contributed by atoms with van der Waals surface area (Å²) in [7, 11) is 0. The second-order valence-electron chi connectivity index (χ2n) is 6.45. The minimum Gasteiger partial charge on any atom is -0.277 e. The Morgan fingerprint density at radius 1 is 1.16 bits per heavy atom. The van der Waals surface area contributed by atoms with Crippen molar-refractivity contribution in [2.75, 3.05) is 0 Å². The first-order chi connectivity index (χ1) is 12.2. The Hall–Kier alpha value is -2.41. The van der Waals surface area contributed by atoms with Crippen molar-refractivity contribution < 1.29 is 0 Å². The molecule has 0 fully saturated rings. The lowest BCUT2D eigenvalue weighted by Gasteiger charge is -2.20. The predicted molar refractivity (Wildman–Crippen MR) is 111 cm³/mol. The van der Waals surface area contributed by atoms with Gasteiger partial charge in [-0.25, -0.2) is 0 Å². The monoisotopic (exact) mass is 331 g/mol. The van der Waals surface area contributed by atoms with Gasteiger partial charge in [-0.3, -0.25) is 4.99 Å². The zero-order valence-corrected chi connectivity index (χ0v) is 15.8. The van der Waals surface area contributed by atoms with E-state index in [0.29, 0.717) is 5.92 Å². The summed E-state index contributed by atoms with van der Waals surface area (Å²) in [6.07, 6.45) is 18.4. The lowest BCUT2D eigenvalue weighted by Crippen LogP contribution is -2.06. The molecule has 0 heterocycles. The summed E-state index contributed by atoms with van der Waals surface area (Å²) in [5, 5.41) is 0. The summed E-state index contributed by atoms with van der Waals surface area (Å²) >= 11 is 0. The van der Waals surface area contributed by atoms with E-state index in [1.807, 2.05) is 19.9 Å². The Bertz CT molecular complexity index is 727. The quantitative estimate of drug-likeness (QED) is 0.402. The van der Waals surface area contributed by atoms with Crippen molar-refractivity contribution in [2.24, 2.45) is 10.9 Å². The number of benzene rings is 1. The molecule has 0 saturated carbocycles. The van der Waals surface area contributed by atoms with Gasteiger partial charge in [0.25, 0.3) is 0 Å². The Morgan fingerprint density at radius 2 is 1.92 bits per heavy atom. The standard InChI is InChI=1S/C24H29N/c1-5-7-12-21(11-6-2)20(4)25-24(22-13-9-8-10-14-22)23-17-15-19(3)16-18-23/h5-15,17-19,24H,16H2,1-4H3/b7-5-,11-6-,21-12+,25-20?. The SMILES string of the molecule is C\C=C/C=C(\C=C/C)C(C)=NC(C1=CCC(C)C=C1)c1ccccc1. The van der Waals surface area contributed by atoms with Crippen molar-refractivity contribution in [3.05, 3.63) is 95.6 Å². The Morgan fingerprint density at radius 3 is 2.52 bits per heavy atom. The van der Waals surface area contributed by atoms with E-state index in [0.717, 1.165) is 17.7 Å². The maximum atomic E-state index is 5.11. The van der Waals surface area contributed by atoms with E-state index in [1.165, 1.54) is 11.1 Å². The average molecular weight is 332 g/mol. The molecule has 1 nitrogen and oxygen atoms in total. The van der Waals surface area contributed by atoms with Crippen LogP contribution in [-0.4, -0.2) is 5.71 Å². The molecule has 0 aliphatic heterocycles. The third-order valence-electron chi connectivity index (χ3n) is 4.33. The highest BCUT2D eigenvalue weighted by Crippen LogP contribution is 2.31. The zero-order valence-electron chi connectivity index (χ0n) is 15.8. The van der Waals surface area contributed by atoms with E-state index >= 15 is 0 Å². The van der Waals surface area contributed by atoms with Crippen LogP contribution in [0.25, 0.3) is 0 Å². The van der Waals surface area contributed by atoms with Gasteiger partial charge in [0.15, 0.2) is 0 Å². The first kappa shape index (κ1) is 18.9. The van der Waals surface area contributed by atoms with Crippen molar-refractivity contribution in [1.82, 2.24) is 0 Å². The van der Waals surface area contributed by atoms with Crippen LogP contribution in [0.2, 0.25) is 0 Å². The van der Waals surface area contributed by atoms with Crippen LogP contribution in [0, 0.1) is 5.92 Å².